The smallest absolute Gasteiger partial charge is 0.252 e. The van der Waals surface area contributed by atoms with Crippen LogP contribution in [0.15, 0.2) is 17.9 Å². The first kappa shape index (κ1) is 10.9. The van der Waals surface area contributed by atoms with Crippen LogP contribution in [-0.2, 0) is 6.54 Å². The number of imidazole rings is 1. The molecule has 0 unspecified atom stereocenters. The Labute approximate surface area is 106 Å². The second kappa shape index (κ2) is 4.21. The van der Waals surface area contributed by atoms with Gasteiger partial charge in [-0.15, -0.1) is 16.4 Å². The van der Waals surface area contributed by atoms with E-state index in [2.05, 4.69) is 20.4 Å². The highest BCUT2D eigenvalue weighted by Gasteiger charge is 2.15. The molecule has 3 aromatic rings. The monoisotopic (exact) mass is 259 g/mol. The summed E-state index contributed by atoms with van der Waals surface area (Å²) in [5, 5.41) is 17.9. The Morgan fingerprint density at radius 2 is 2.44 bits per heavy atom. The predicted molar refractivity (Wildman–Crippen MR) is 65.5 cm³/mol. The third kappa shape index (κ3) is 1.57. The SMILES string of the molecule is CNCc1c(-n2cnc(C#N)n2)nc2sccn12. The molecular formula is C10H9N7S. The van der Waals surface area contributed by atoms with Gasteiger partial charge in [0.25, 0.3) is 5.82 Å². The van der Waals surface area contributed by atoms with Crippen LogP contribution in [0.1, 0.15) is 11.5 Å². The Kier molecular flexibility index (Phi) is 2.55. The molecule has 0 saturated carbocycles. The molecular weight excluding hydrogens is 250 g/mol. The summed E-state index contributed by atoms with van der Waals surface area (Å²) in [4.78, 5) is 9.29. The number of hydrogen-bond acceptors (Lipinski definition) is 6. The van der Waals surface area contributed by atoms with Crippen molar-refractivity contribution in [2.24, 2.45) is 0 Å². The average molecular weight is 259 g/mol. The molecule has 0 radical (unpaired) electrons. The van der Waals surface area contributed by atoms with Crippen LogP contribution < -0.4 is 5.32 Å². The Morgan fingerprint density at radius 3 is 3.17 bits per heavy atom. The average Bonchev–Trinajstić information content (AvgIpc) is 3.04. The van der Waals surface area contributed by atoms with Gasteiger partial charge in [-0.1, -0.05) is 0 Å². The maximum atomic E-state index is 8.75. The molecule has 0 spiro atoms. The summed E-state index contributed by atoms with van der Waals surface area (Å²) < 4.78 is 3.54. The number of nitriles is 1. The van der Waals surface area contributed by atoms with Crippen LogP contribution in [0.4, 0.5) is 0 Å². The van der Waals surface area contributed by atoms with Gasteiger partial charge in [0.1, 0.15) is 12.4 Å². The van der Waals surface area contributed by atoms with Gasteiger partial charge in [0.2, 0.25) is 0 Å². The molecule has 0 aromatic carbocycles. The van der Waals surface area contributed by atoms with Gasteiger partial charge in [-0.3, -0.25) is 4.40 Å². The normalized spacial score (nSPS) is 10.9. The summed E-state index contributed by atoms with van der Waals surface area (Å²) in [6.07, 6.45) is 3.47. The second-order valence-electron chi connectivity index (χ2n) is 3.59. The number of aromatic nitrogens is 5. The molecule has 3 aromatic heterocycles. The first-order valence-electron chi connectivity index (χ1n) is 5.24. The van der Waals surface area contributed by atoms with Crippen LogP contribution in [0.25, 0.3) is 10.8 Å². The van der Waals surface area contributed by atoms with E-state index in [9.17, 15) is 0 Å². The van der Waals surface area contributed by atoms with E-state index in [1.54, 1.807) is 11.3 Å². The van der Waals surface area contributed by atoms with Crippen LogP contribution >= 0.6 is 11.3 Å². The number of rotatable bonds is 3. The maximum Gasteiger partial charge on any atom is 0.252 e. The fourth-order valence-corrected chi connectivity index (χ4v) is 2.48. The van der Waals surface area contributed by atoms with E-state index in [0.29, 0.717) is 12.4 Å². The van der Waals surface area contributed by atoms with E-state index in [4.69, 9.17) is 5.26 Å². The lowest BCUT2D eigenvalue weighted by molar-refractivity contribution is 0.754. The van der Waals surface area contributed by atoms with Crippen molar-refractivity contribution in [2.45, 2.75) is 6.54 Å². The minimum Gasteiger partial charge on any atom is -0.314 e. The Balaban J connectivity index is 2.18. The number of hydrogen-bond donors (Lipinski definition) is 1. The molecule has 3 heterocycles. The second-order valence-corrected chi connectivity index (χ2v) is 4.47. The zero-order valence-electron chi connectivity index (χ0n) is 9.53. The van der Waals surface area contributed by atoms with Gasteiger partial charge in [0, 0.05) is 18.1 Å². The van der Waals surface area contributed by atoms with Crippen molar-refractivity contribution in [3.63, 3.8) is 0 Å². The quantitative estimate of drug-likeness (QED) is 0.743. The first-order valence-corrected chi connectivity index (χ1v) is 6.12. The predicted octanol–water partition coefficient (Wildman–Crippen LogP) is 0.568. The van der Waals surface area contributed by atoms with Crippen molar-refractivity contribution in [1.82, 2.24) is 29.5 Å². The fourth-order valence-electron chi connectivity index (χ4n) is 1.75. The lowest BCUT2D eigenvalue weighted by atomic mass is 10.4. The third-order valence-corrected chi connectivity index (χ3v) is 3.25. The molecule has 0 atom stereocenters. The van der Waals surface area contributed by atoms with Crippen LogP contribution in [0.3, 0.4) is 0 Å². The lowest BCUT2D eigenvalue weighted by Gasteiger charge is -2.01. The fraction of sp³-hybridized carbons (Fsp3) is 0.200. The number of nitrogens with one attached hydrogen (secondary N) is 1. The molecule has 0 aliphatic heterocycles. The minimum absolute atomic E-state index is 0.141. The molecule has 0 saturated heterocycles. The molecule has 0 fully saturated rings. The molecule has 18 heavy (non-hydrogen) atoms. The van der Waals surface area contributed by atoms with E-state index in [0.717, 1.165) is 10.7 Å². The summed E-state index contributed by atoms with van der Waals surface area (Å²) >= 11 is 1.55. The lowest BCUT2D eigenvalue weighted by Crippen LogP contribution is -2.11. The van der Waals surface area contributed by atoms with Gasteiger partial charge in [0.15, 0.2) is 10.8 Å². The van der Waals surface area contributed by atoms with Crippen molar-refractivity contribution in [1.29, 1.82) is 5.26 Å². The molecule has 0 bridgehead atoms. The van der Waals surface area contributed by atoms with E-state index in [1.165, 1.54) is 11.0 Å². The Morgan fingerprint density at radius 1 is 1.56 bits per heavy atom. The zero-order chi connectivity index (χ0) is 12.5. The van der Waals surface area contributed by atoms with E-state index in [1.807, 2.05) is 29.1 Å². The first-order chi connectivity index (χ1) is 8.83. The van der Waals surface area contributed by atoms with Gasteiger partial charge < -0.3 is 5.32 Å². The molecule has 90 valence electrons. The van der Waals surface area contributed by atoms with Gasteiger partial charge in [0.05, 0.1) is 5.69 Å². The van der Waals surface area contributed by atoms with E-state index in [-0.39, 0.29) is 5.82 Å². The van der Waals surface area contributed by atoms with Crippen molar-refractivity contribution in [3.8, 4) is 11.9 Å². The minimum atomic E-state index is 0.141. The molecule has 3 rings (SSSR count). The summed E-state index contributed by atoms with van der Waals surface area (Å²) in [7, 11) is 1.87. The highest BCUT2D eigenvalue weighted by molar-refractivity contribution is 7.15. The van der Waals surface area contributed by atoms with Crippen LogP contribution in [0.5, 0.6) is 0 Å². The largest absolute Gasteiger partial charge is 0.314 e. The highest BCUT2D eigenvalue weighted by atomic mass is 32.1. The van der Waals surface area contributed by atoms with Gasteiger partial charge >= 0.3 is 0 Å². The summed E-state index contributed by atoms with van der Waals surface area (Å²) in [5.74, 6) is 0.840. The van der Waals surface area contributed by atoms with Crippen LogP contribution in [0, 0.1) is 11.3 Å². The van der Waals surface area contributed by atoms with Gasteiger partial charge in [-0.25, -0.2) is 4.98 Å². The third-order valence-electron chi connectivity index (χ3n) is 2.49. The number of thiazole rings is 1. The molecule has 0 amide bonds. The standard InChI is InChI=1S/C10H9N7S/c1-12-5-7-9(14-10-16(7)2-3-18-10)17-6-13-8(4-11)15-17/h2-3,6,12H,5H2,1H3. The van der Waals surface area contributed by atoms with Crippen molar-refractivity contribution >= 4 is 16.3 Å². The zero-order valence-corrected chi connectivity index (χ0v) is 10.3. The molecule has 7 nitrogen and oxygen atoms in total. The van der Waals surface area contributed by atoms with E-state index >= 15 is 0 Å². The Hall–Kier alpha value is -2.24. The summed E-state index contributed by atoms with van der Waals surface area (Å²) in [6.45, 7) is 0.662. The van der Waals surface area contributed by atoms with Crippen molar-refractivity contribution < 1.29 is 0 Å². The van der Waals surface area contributed by atoms with Crippen LogP contribution in [-0.4, -0.2) is 31.2 Å². The summed E-state index contributed by atoms with van der Waals surface area (Å²) in [6, 6.07) is 1.91. The highest BCUT2D eigenvalue weighted by Crippen LogP contribution is 2.19. The van der Waals surface area contributed by atoms with Crippen molar-refractivity contribution in [3.05, 3.63) is 29.4 Å². The van der Waals surface area contributed by atoms with Crippen LogP contribution in [0.2, 0.25) is 0 Å². The van der Waals surface area contributed by atoms with Crippen molar-refractivity contribution in [2.75, 3.05) is 7.05 Å². The number of nitrogens with zero attached hydrogens (tertiary/aromatic N) is 6. The molecule has 0 aliphatic carbocycles. The van der Waals surface area contributed by atoms with Gasteiger partial charge in [-0.05, 0) is 7.05 Å². The summed E-state index contributed by atoms with van der Waals surface area (Å²) in [5.41, 5.74) is 0.989. The van der Waals surface area contributed by atoms with Gasteiger partial charge in [-0.2, -0.15) is 14.9 Å². The topological polar surface area (TPSA) is 83.8 Å². The molecule has 8 heteroatoms. The van der Waals surface area contributed by atoms with E-state index < -0.39 is 0 Å². The molecule has 0 aliphatic rings. The Bertz CT molecular complexity index is 729. The molecule has 1 N–H and O–H groups in total. The maximum absolute atomic E-state index is 8.75. The number of fused-ring (bicyclic) bond motifs is 1.